The van der Waals surface area contributed by atoms with Crippen molar-refractivity contribution < 1.29 is 18.7 Å². The Morgan fingerprint density at radius 1 is 1.15 bits per heavy atom. The van der Waals surface area contributed by atoms with Crippen LogP contribution in [-0.2, 0) is 20.5 Å². The second-order valence-corrected chi connectivity index (χ2v) is 12.9. The van der Waals surface area contributed by atoms with Crippen LogP contribution in [0.5, 0.6) is 5.75 Å². The van der Waals surface area contributed by atoms with Gasteiger partial charge in [-0.05, 0) is 42.8 Å². The first kappa shape index (κ1) is 22.7. The molecule has 0 aliphatic carbocycles. The molecule has 6 heteroatoms. The average Bonchev–Trinajstić information content (AvgIpc) is 2.57. The summed E-state index contributed by atoms with van der Waals surface area (Å²) >= 11 is 0. The Kier molecular flexibility index (Phi) is 8.31. The standard InChI is InChI=1S/C20H35NO4Si/c1-15(25-26(7,8)20(2,3)4)18(19(22)24-6)14-21-13-16-9-11-17(23-5)12-10-16/h9-12,15,18,21H,13-14H2,1-8H3/t15-,18+/m1/s1. The van der Waals surface area contributed by atoms with Crippen LogP contribution in [0.4, 0.5) is 0 Å². The minimum Gasteiger partial charge on any atom is -0.497 e. The van der Waals surface area contributed by atoms with Crippen molar-refractivity contribution >= 4 is 14.3 Å². The highest BCUT2D eigenvalue weighted by molar-refractivity contribution is 6.74. The normalized spacial score (nSPS) is 14.6. The molecule has 0 radical (unpaired) electrons. The maximum absolute atomic E-state index is 12.3. The minimum atomic E-state index is -1.95. The van der Waals surface area contributed by atoms with E-state index in [1.54, 1.807) is 7.11 Å². The van der Waals surface area contributed by atoms with Crippen LogP contribution in [0, 0.1) is 5.92 Å². The summed E-state index contributed by atoms with van der Waals surface area (Å²) < 4.78 is 16.6. The molecule has 0 saturated heterocycles. The molecule has 0 heterocycles. The molecular weight excluding hydrogens is 346 g/mol. The van der Waals surface area contributed by atoms with Gasteiger partial charge in [0.25, 0.3) is 0 Å². The summed E-state index contributed by atoms with van der Waals surface area (Å²) in [5.74, 6) is 0.253. The Bertz CT molecular complexity index is 566. The van der Waals surface area contributed by atoms with Gasteiger partial charge in [-0.15, -0.1) is 0 Å². The molecule has 5 nitrogen and oxygen atoms in total. The summed E-state index contributed by atoms with van der Waals surface area (Å²) in [7, 11) is 1.13. The lowest BCUT2D eigenvalue weighted by Gasteiger charge is -2.40. The Morgan fingerprint density at radius 2 is 1.73 bits per heavy atom. The predicted octanol–water partition coefficient (Wildman–Crippen LogP) is 3.98. The fourth-order valence-electron chi connectivity index (χ4n) is 2.43. The highest BCUT2D eigenvalue weighted by atomic mass is 28.4. The highest BCUT2D eigenvalue weighted by Crippen LogP contribution is 2.38. The van der Waals surface area contributed by atoms with Gasteiger partial charge in [0.2, 0.25) is 0 Å². The molecule has 0 saturated carbocycles. The maximum Gasteiger partial charge on any atom is 0.312 e. The zero-order valence-electron chi connectivity index (χ0n) is 17.5. The van der Waals surface area contributed by atoms with Gasteiger partial charge < -0.3 is 19.2 Å². The van der Waals surface area contributed by atoms with Gasteiger partial charge in [0.1, 0.15) is 5.75 Å². The van der Waals surface area contributed by atoms with Crippen molar-refractivity contribution in [3.05, 3.63) is 29.8 Å². The molecule has 2 atom stereocenters. The third-order valence-corrected chi connectivity index (χ3v) is 9.78. The molecule has 0 aliphatic heterocycles. The fourth-order valence-corrected chi connectivity index (χ4v) is 3.88. The van der Waals surface area contributed by atoms with Crippen molar-refractivity contribution in [2.24, 2.45) is 5.92 Å². The third-order valence-electron chi connectivity index (χ3n) is 5.21. The summed E-state index contributed by atoms with van der Waals surface area (Å²) in [5, 5.41) is 3.45. The third kappa shape index (κ3) is 6.41. The molecule has 148 valence electrons. The number of benzene rings is 1. The van der Waals surface area contributed by atoms with Crippen LogP contribution in [0.15, 0.2) is 24.3 Å². The molecule has 0 fully saturated rings. The number of hydrogen-bond donors (Lipinski definition) is 1. The highest BCUT2D eigenvalue weighted by Gasteiger charge is 2.40. The first-order valence-corrected chi connectivity index (χ1v) is 12.0. The average molecular weight is 382 g/mol. The molecular formula is C20H35NO4Si. The van der Waals surface area contributed by atoms with Gasteiger partial charge in [0, 0.05) is 13.1 Å². The quantitative estimate of drug-likeness (QED) is 0.518. The maximum atomic E-state index is 12.3. The molecule has 1 rings (SSSR count). The predicted molar refractivity (Wildman–Crippen MR) is 108 cm³/mol. The second-order valence-electron chi connectivity index (χ2n) is 8.19. The van der Waals surface area contributed by atoms with Gasteiger partial charge in [-0.25, -0.2) is 0 Å². The number of nitrogens with one attached hydrogen (secondary N) is 1. The van der Waals surface area contributed by atoms with Crippen molar-refractivity contribution in [1.29, 1.82) is 0 Å². The lowest BCUT2D eigenvalue weighted by Crippen LogP contribution is -2.48. The van der Waals surface area contributed by atoms with Gasteiger partial charge >= 0.3 is 5.97 Å². The number of carbonyl (C=O) groups excluding carboxylic acids is 1. The summed E-state index contributed by atoms with van der Waals surface area (Å²) in [6.07, 6.45) is -0.202. The molecule has 0 spiro atoms. The number of hydrogen-bond acceptors (Lipinski definition) is 5. The van der Waals surface area contributed by atoms with Crippen molar-refractivity contribution in [3.63, 3.8) is 0 Å². The molecule has 0 amide bonds. The molecule has 1 aromatic rings. The molecule has 26 heavy (non-hydrogen) atoms. The number of esters is 1. The van der Waals surface area contributed by atoms with Gasteiger partial charge in [0.15, 0.2) is 8.32 Å². The minimum absolute atomic E-state index is 0.0957. The fraction of sp³-hybridized carbons (Fsp3) is 0.650. The largest absolute Gasteiger partial charge is 0.497 e. The van der Waals surface area contributed by atoms with Gasteiger partial charge in [-0.3, -0.25) is 4.79 Å². The van der Waals surface area contributed by atoms with Crippen molar-refractivity contribution in [1.82, 2.24) is 5.32 Å². The Balaban J connectivity index is 2.69. The van der Waals surface area contributed by atoms with E-state index in [9.17, 15) is 4.79 Å². The van der Waals surface area contributed by atoms with E-state index in [0.717, 1.165) is 11.3 Å². The zero-order valence-corrected chi connectivity index (χ0v) is 18.5. The lowest BCUT2D eigenvalue weighted by molar-refractivity contribution is -0.148. The molecule has 0 aliphatic rings. The van der Waals surface area contributed by atoms with Crippen LogP contribution in [0.2, 0.25) is 18.1 Å². The first-order valence-electron chi connectivity index (χ1n) is 9.11. The lowest BCUT2D eigenvalue weighted by atomic mass is 10.0. The number of carbonyl (C=O) groups is 1. The zero-order chi connectivity index (χ0) is 20.0. The van der Waals surface area contributed by atoms with E-state index in [-0.39, 0.29) is 23.0 Å². The van der Waals surface area contributed by atoms with E-state index >= 15 is 0 Å². The molecule has 0 bridgehead atoms. The van der Waals surface area contributed by atoms with Gasteiger partial charge in [-0.1, -0.05) is 32.9 Å². The SMILES string of the molecule is COC(=O)[C@@H](CNCc1ccc(OC)cc1)[C@@H](C)O[Si](C)(C)C(C)(C)C. The molecule has 0 unspecified atom stereocenters. The van der Waals surface area contributed by atoms with Crippen molar-refractivity contribution in [2.45, 2.75) is 58.5 Å². The van der Waals surface area contributed by atoms with E-state index in [4.69, 9.17) is 13.9 Å². The Morgan fingerprint density at radius 3 is 2.19 bits per heavy atom. The molecule has 1 N–H and O–H groups in total. The van der Waals surface area contributed by atoms with E-state index in [1.807, 2.05) is 31.2 Å². The molecule has 1 aromatic carbocycles. The van der Waals surface area contributed by atoms with Crippen molar-refractivity contribution in [3.8, 4) is 5.75 Å². The number of rotatable bonds is 9. The Labute approximate surface area is 159 Å². The number of ether oxygens (including phenoxy) is 2. The monoisotopic (exact) mass is 381 g/mol. The molecule has 0 aromatic heterocycles. The topological polar surface area (TPSA) is 56.8 Å². The van der Waals surface area contributed by atoms with Crippen LogP contribution >= 0.6 is 0 Å². The number of methoxy groups -OCH3 is 2. The van der Waals surface area contributed by atoms with Crippen LogP contribution in [0.25, 0.3) is 0 Å². The first-order chi connectivity index (χ1) is 12.0. The van der Waals surface area contributed by atoms with Crippen LogP contribution in [-0.4, -0.2) is 41.2 Å². The summed E-state index contributed by atoms with van der Waals surface area (Å²) in [5.41, 5.74) is 1.13. The summed E-state index contributed by atoms with van der Waals surface area (Å²) in [4.78, 5) is 12.3. The Hall–Kier alpha value is -1.37. The second kappa shape index (κ2) is 9.53. The van der Waals surface area contributed by atoms with E-state index in [2.05, 4.69) is 39.2 Å². The smallest absolute Gasteiger partial charge is 0.312 e. The van der Waals surface area contributed by atoms with E-state index in [1.165, 1.54) is 7.11 Å². The van der Waals surface area contributed by atoms with Gasteiger partial charge in [0.05, 0.1) is 26.2 Å². The van der Waals surface area contributed by atoms with Gasteiger partial charge in [-0.2, -0.15) is 0 Å². The summed E-state index contributed by atoms with van der Waals surface area (Å²) in [6.45, 7) is 14.1. The van der Waals surface area contributed by atoms with Crippen LogP contribution in [0.3, 0.4) is 0 Å². The van der Waals surface area contributed by atoms with Crippen LogP contribution < -0.4 is 10.1 Å². The summed E-state index contributed by atoms with van der Waals surface area (Å²) in [6, 6.07) is 7.87. The van der Waals surface area contributed by atoms with E-state index < -0.39 is 8.32 Å². The van der Waals surface area contributed by atoms with E-state index in [0.29, 0.717) is 13.1 Å². The van der Waals surface area contributed by atoms with Crippen LogP contribution in [0.1, 0.15) is 33.3 Å². The van der Waals surface area contributed by atoms with Crippen molar-refractivity contribution in [2.75, 3.05) is 20.8 Å².